The minimum absolute atomic E-state index is 0.0129. The molecule has 9 heteroatoms. The Kier molecular flexibility index (Phi) is 8.05. The molecule has 0 bridgehead atoms. The number of nitrogens with zero attached hydrogens (tertiary/aromatic N) is 3. The van der Waals surface area contributed by atoms with E-state index in [4.69, 9.17) is 26.8 Å². The number of halogens is 1. The lowest BCUT2D eigenvalue weighted by atomic mass is 9.81. The van der Waals surface area contributed by atoms with Gasteiger partial charge in [-0.2, -0.15) is 5.26 Å². The fraction of sp³-hybridized carbons (Fsp3) is 0.269. The first-order valence-corrected chi connectivity index (χ1v) is 11.4. The Morgan fingerprint density at radius 3 is 2.23 bits per heavy atom. The number of methoxy groups -OCH3 is 2. The van der Waals surface area contributed by atoms with E-state index in [-0.39, 0.29) is 22.7 Å². The second kappa shape index (κ2) is 11.0. The fourth-order valence-corrected chi connectivity index (χ4v) is 4.53. The third kappa shape index (κ3) is 4.68. The number of ether oxygens (including phenoxy) is 2. The zero-order valence-electron chi connectivity index (χ0n) is 20.0. The molecular formula is C26H27ClN4O4. The maximum Gasteiger partial charge on any atom is 0.355 e. The van der Waals surface area contributed by atoms with Crippen LogP contribution in [0.1, 0.15) is 25.3 Å². The van der Waals surface area contributed by atoms with E-state index < -0.39 is 17.9 Å². The second-order valence-electron chi connectivity index (χ2n) is 7.64. The summed E-state index contributed by atoms with van der Waals surface area (Å²) >= 11 is 6.62. The number of nitriles is 1. The normalized spacial score (nSPS) is 15.5. The maximum atomic E-state index is 13.1. The topological polar surface area (TPSA) is 109 Å². The zero-order valence-corrected chi connectivity index (χ0v) is 20.8. The number of carbonyl (C=O) groups excluding carboxylic acids is 2. The van der Waals surface area contributed by atoms with Crippen LogP contribution in [0.3, 0.4) is 0 Å². The van der Waals surface area contributed by atoms with Crippen LogP contribution in [0.4, 0.5) is 11.4 Å². The third-order valence-electron chi connectivity index (χ3n) is 5.90. The molecule has 1 aliphatic rings. The molecule has 8 nitrogen and oxygen atoms in total. The number of hydrogen-bond acceptors (Lipinski definition) is 8. The standard InChI is InChI=1S/C26H27ClN4O4/c1-5-30(6-2)20-13-12-17(14-19(20)27)31-23(26(33)35-4)22(25(32)34-3)21(18(15-28)24(31)29)16-10-8-7-9-11-16/h7-14,21H,5-6,29H2,1-4H3. The Morgan fingerprint density at radius 1 is 1.09 bits per heavy atom. The van der Waals surface area contributed by atoms with Gasteiger partial charge in [0, 0.05) is 18.8 Å². The van der Waals surface area contributed by atoms with Crippen LogP contribution in [0.2, 0.25) is 5.02 Å². The summed E-state index contributed by atoms with van der Waals surface area (Å²) in [6, 6.07) is 16.1. The zero-order chi connectivity index (χ0) is 25.7. The summed E-state index contributed by atoms with van der Waals surface area (Å²) in [5.74, 6) is -2.53. The lowest BCUT2D eigenvalue weighted by Gasteiger charge is -2.36. The maximum absolute atomic E-state index is 13.1. The van der Waals surface area contributed by atoms with Crippen molar-refractivity contribution in [3.63, 3.8) is 0 Å². The SMILES string of the molecule is CCN(CC)c1ccc(N2C(N)=C(C#N)C(c3ccccc3)C(C(=O)OC)=C2C(=O)OC)cc1Cl. The molecule has 2 N–H and O–H groups in total. The molecule has 0 amide bonds. The van der Waals surface area contributed by atoms with E-state index in [1.807, 2.05) is 13.8 Å². The van der Waals surface area contributed by atoms with Crippen molar-refractivity contribution >= 4 is 34.9 Å². The average Bonchev–Trinajstić information content (AvgIpc) is 2.88. The van der Waals surface area contributed by atoms with Crippen molar-refractivity contribution in [2.45, 2.75) is 19.8 Å². The molecule has 0 radical (unpaired) electrons. The number of esters is 2. The van der Waals surface area contributed by atoms with E-state index in [0.717, 1.165) is 18.8 Å². The molecule has 182 valence electrons. The van der Waals surface area contributed by atoms with Gasteiger partial charge in [-0.3, -0.25) is 4.90 Å². The number of nitrogens with two attached hydrogens (primary N) is 1. The number of benzene rings is 2. The first kappa shape index (κ1) is 25.7. The molecule has 2 aromatic rings. The molecule has 1 unspecified atom stereocenters. The van der Waals surface area contributed by atoms with Gasteiger partial charge in [0.1, 0.15) is 11.5 Å². The summed E-state index contributed by atoms with van der Waals surface area (Å²) in [5.41, 5.74) is 8.21. The molecule has 0 spiro atoms. The Morgan fingerprint density at radius 2 is 1.71 bits per heavy atom. The van der Waals surface area contributed by atoms with Crippen LogP contribution in [0.5, 0.6) is 0 Å². The van der Waals surface area contributed by atoms with Crippen LogP contribution < -0.4 is 15.5 Å². The van der Waals surface area contributed by atoms with Crippen molar-refractivity contribution in [2.24, 2.45) is 5.73 Å². The average molecular weight is 495 g/mol. The number of rotatable bonds is 7. The molecule has 0 aliphatic carbocycles. The highest BCUT2D eigenvalue weighted by molar-refractivity contribution is 6.33. The molecule has 35 heavy (non-hydrogen) atoms. The number of hydrogen-bond donors (Lipinski definition) is 1. The number of anilines is 2. The van der Waals surface area contributed by atoms with Gasteiger partial charge in [-0.1, -0.05) is 41.9 Å². The summed E-state index contributed by atoms with van der Waals surface area (Å²) in [5, 5.41) is 10.5. The van der Waals surface area contributed by atoms with Crippen molar-refractivity contribution < 1.29 is 19.1 Å². The van der Waals surface area contributed by atoms with Crippen molar-refractivity contribution in [3.8, 4) is 6.07 Å². The van der Waals surface area contributed by atoms with E-state index in [2.05, 4.69) is 11.0 Å². The summed E-state index contributed by atoms with van der Waals surface area (Å²) in [6.45, 7) is 5.53. The Hall–Kier alpha value is -3.96. The van der Waals surface area contributed by atoms with E-state index in [1.165, 1.54) is 19.1 Å². The Labute approximate surface area is 209 Å². The molecule has 0 saturated heterocycles. The lowest BCUT2D eigenvalue weighted by molar-refractivity contribution is -0.139. The minimum atomic E-state index is -0.926. The quantitative estimate of drug-likeness (QED) is 0.573. The predicted molar refractivity (Wildman–Crippen MR) is 135 cm³/mol. The van der Waals surface area contributed by atoms with Crippen LogP contribution >= 0.6 is 11.6 Å². The highest BCUT2D eigenvalue weighted by Crippen LogP contribution is 2.44. The highest BCUT2D eigenvalue weighted by atomic mass is 35.5. The second-order valence-corrected chi connectivity index (χ2v) is 8.05. The molecule has 2 aromatic carbocycles. The van der Waals surface area contributed by atoms with Gasteiger partial charge in [-0.05, 0) is 37.6 Å². The van der Waals surface area contributed by atoms with Gasteiger partial charge in [0.2, 0.25) is 0 Å². The molecule has 3 rings (SSSR count). The molecule has 1 atom stereocenters. The van der Waals surface area contributed by atoms with E-state index >= 15 is 0 Å². The molecule has 0 saturated carbocycles. The monoisotopic (exact) mass is 494 g/mol. The molecule has 1 aliphatic heterocycles. The Balaban J connectivity index is 2.35. The fourth-order valence-electron chi connectivity index (χ4n) is 4.24. The van der Waals surface area contributed by atoms with Crippen LogP contribution in [0.25, 0.3) is 0 Å². The first-order chi connectivity index (χ1) is 16.8. The van der Waals surface area contributed by atoms with Gasteiger partial charge in [-0.15, -0.1) is 0 Å². The minimum Gasteiger partial charge on any atom is -0.466 e. The van der Waals surface area contributed by atoms with Crippen LogP contribution in [0.15, 0.2) is 71.2 Å². The predicted octanol–water partition coefficient (Wildman–Crippen LogP) is 4.08. The number of allylic oxidation sites excluding steroid dienone is 1. The first-order valence-electron chi connectivity index (χ1n) is 11.0. The highest BCUT2D eigenvalue weighted by Gasteiger charge is 2.43. The van der Waals surface area contributed by atoms with E-state index in [9.17, 15) is 14.9 Å². The van der Waals surface area contributed by atoms with Crippen LogP contribution in [0, 0.1) is 11.3 Å². The van der Waals surface area contributed by atoms with Crippen molar-refractivity contribution in [2.75, 3.05) is 37.1 Å². The molecular weight excluding hydrogens is 468 g/mol. The smallest absolute Gasteiger partial charge is 0.355 e. The van der Waals surface area contributed by atoms with Crippen LogP contribution in [-0.2, 0) is 19.1 Å². The summed E-state index contributed by atoms with van der Waals surface area (Å²) in [4.78, 5) is 29.6. The summed E-state index contributed by atoms with van der Waals surface area (Å²) in [7, 11) is 2.41. The Bertz CT molecular complexity index is 1230. The van der Waals surface area contributed by atoms with Gasteiger partial charge < -0.3 is 20.1 Å². The summed E-state index contributed by atoms with van der Waals surface area (Å²) in [6.07, 6.45) is 0. The van der Waals surface area contributed by atoms with Crippen molar-refractivity contribution in [1.82, 2.24) is 0 Å². The molecule has 0 aromatic heterocycles. The van der Waals surface area contributed by atoms with Crippen molar-refractivity contribution in [3.05, 3.63) is 81.8 Å². The van der Waals surface area contributed by atoms with Crippen LogP contribution in [-0.4, -0.2) is 39.2 Å². The largest absolute Gasteiger partial charge is 0.466 e. The molecule has 1 heterocycles. The molecule has 0 fully saturated rings. The van der Waals surface area contributed by atoms with E-state index in [1.54, 1.807) is 48.5 Å². The van der Waals surface area contributed by atoms with Crippen molar-refractivity contribution in [1.29, 1.82) is 5.26 Å². The lowest BCUT2D eigenvalue weighted by Crippen LogP contribution is -2.40. The van der Waals surface area contributed by atoms with Gasteiger partial charge >= 0.3 is 11.9 Å². The number of carbonyl (C=O) groups is 2. The summed E-state index contributed by atoms with van der Waals surface area (Å²) < 4.78 is 10.1. The van der Waals surface area contributed by atoms with Gasteiger partial charge in [0.25, 0.3) is 0 Å². The third-order valence-corrected chi connectivity index (χ3v) is 6.21. The van der Waals surface area contributed by atoms with Gasteiger partial charge in [0.15, 0.2) is 0 Å². The van der Waals surface area contributed by atoms with E-state index in [0.29, 0.717) is 16.3 Å². The van der Waals surface area contributed by atoms with Gasteiger partial charge in [0.05, 0.1) is 48.1 Å². The van der Waals surface area contributed by atoms with Gasteiger partial charge in [-0.25, -0.2) is 9.59 Å².